The second-order valence-electron chi connectivity index (χ2n) is 5.71. The number of hydrogen-bond acceptors (Lipinski definition) is 4. The van der Waals surface area contributed by atoms with E-state index >= 15 is 0 Å². The Morgan fingerprint density at radius 1 is 1.27 bits per heavy atom. The number of nitrogens with zero attached hydrogens (tertiary/aromatic N) is 4. The van der Waals surface area contributed by atoms with Gasteiger partial charge >= 0.3 is 0 Å². The average Bonchev–Trinajstić information content (AvgIpc) is 2.88. The summed E-state index contributed by atoms with van der Waals surface area (Å²) in [4.78, 5) is 17.4. The fourth-order valence-electron chi connectivity index (χ4n) is 2.66. The van der Waals surface area contributed by atoms with E-state index in [-0.39, 0.29) is 11.6 Å². The minimum Gasteiger partial charge on any atom is -0.324 e. The van der Waals surface area contributed by atoms with Gasteiger partial charge in [-0.15, -0.1) is 0 Å². The summed E-state index contributed by atoms with van der Waals surface area (Å²) in [5.41, 5.74) is 9.18. The monoisotopic (exact) mass is 297 g/mol. The third kappa shape index (κ3) is 2.21. The molecular weight excluding hydrogens is 278 g/mol. The van der Waals surface area contributed by atoms with Crippen LogP contribution in [0.3, 0.4) is 0 Å². The summed E-state index contributed by atoms with van der Waals surface area (Å²) in [7, 11) is 3.55. The van der Waals surface area contributed by atoms with Crippen LogP contribution in [0.25, 0.3) is 22.4 Å². The lowest BCUT2D eigenvalue weighted by Gasteiger charge is -2.13. The Morgan fingerprint density at radius 2 is 2.00 bits per heavy atom. The summed E-state index contributed by atoms with van der Waals surface area (Å²) in [5, 5.41) is 4.94. The summed E-state index contributed by atoms with van der Waals surface area (Å²) >= 11 is 0. The van der Waals surface area contributed by atoms with E-state index in [4.69, 9.17) is 5.73 Å². The lowest BCUT2D eigenvalue weighted by molar-refractivity contribution is 0.760. The van der Waals surface area contributed by atoms with Crippen LogP contribution in [0.2, 0.25) is 0 Å². The third-order valence-electron chi connectivity index (χ3n) is 3.79. The molecule has 0 aliphatic carbocycles. The Bertz CT molecular complexity index is 920. The molecule has 0 amide bonds. The molecule has 3 aromatic rings. The van der Waals surface area contributed by atoms with Crippen molar-refractivity contribution in [3.63, 3.8) is 0 Å². The molecule has 0 saturated carbocycles. The highest BCUT2D eigenvalue weighted by Gasteiger charge is 2.16. The molecule has 1 atom stereocenters. The maximum atomic E-state index is 12.7. The predicted octanol–water partition coefficient (Wildman–Crippen LogP) is 1.66. The second kappa shape index (κ2) is 5.06. The van der Waals surface area contributed by atoms with E-state index in [0.29, 0.717) is 22.4 Å². The van der Waals surface area contributed by atoms with Crippen LogP contribution in [0.5, 0.6) is 0 Å². The van der Waals surface area contributed by atoms with E-state index in [0.717, 1.165) is 11.1 Å². The zero-order chi connectivity index (χ0) is 16.0. The first kappa shape index (κ1) is 14.5. The number of hydrogen-bond donors (Lipinski definition) is 1. The van der Waals surface area contributed by atoms with Crippen molar-refractivity contribution in [3.05, 3.63) is 45.9 Å². The van der Waals surface area contributed by atoms with Gasteiger partial charge in [-0.05, 0) is 37.1 Å². The van der Waals surface area contributed by atoms with Crippen LogP contribution in [-0.4, -0.2) is 19.3 Å². The van der Waals surface area contributed by atoms with Gasteiger partial charge in [0.2, 0.25) is 0 Å². The summed E-state index contributed by atoms with van der Waals surface area (Å²) in [6.07, 6.45) is 1.83. The van der Waals surface area contributed by atoms with E-state index in [2.05, 4.69) is 10.1 Å². The van der Waals surface area contributed by atoms with Gasteiger partial charge in [0.25, 0.3) is 5.56 Å². The molecule has 6 nitrogen and oxygen atoms in total. The molecule has 6 heteroatoms. The lowest BCUT2D eigenvalue weighted by Crippen LogP contribution is -2.22. The highest BCUT2D eigenvalue weighted by Crippen LogP contribution is 2.24. The summed E-state index contributed by atoms with van der Waals surface area (Å²) in [6, 6.07) is 5.49. The fraction of sp³-hybridized carbons (Fsp3) is 0.312. The Morgan fingerprint density at radius 3 is 2.59 bits per heavy atom. The van der Waals surface area contributed by atoms with Crippen molar-refractivity contribution in [1.82, 2.24) is 19.3 Å². The van der Waals surface area contributed by atoms with Crippen LogP contribution in [-0.2, 0) is 14.1 Å². The van der Waals surface area contributed by atoms with Crippen LogP contribution in [0, 0.1) is 6.92 Å². The van der Waals surface area contributed by atoms with E-state index in [1.807, 2.05) is 45.3 Å². The van der Waals surface area contributed by atoms with Gasteiger partial charge in [-0.1, -0.05) is 6.07 Å². The maximum absolute atomic E-state index is 12.7. The summed E-state index contributed by atoms with van der Waals surface area (Å²) in [5.74, 6) is 0.545. The van der Waals surface area contributed by atoms with Crippen LogP contribution in [0.1, 0.15) is 24.1 Å². The van der Waals surface area contributed by atoms with Gasteiger partial charge in [0, 0.05) is 26.3 Å². The fourth-order valence-corrected chi connectivity index (χ4v) is 2.66. The number of aromatic nitrogens is 4. The molecule has 0 radical (unpaired) electrons. The molecule has 1 aromatic carbocycles. The Balaban J connectivity index is 2.42. The van der Waals surface area contributed by atoms with Crippen molar-refractivity contribution >= 4 is 10.9 Å². The van der Waals surface area contributed by atoms with Crippen molar-refractivity contribution in [2.24, 2.45) is 19.8 Å². The topological polar surface area (TPSA) is 78.7 Å². The first-order valence-electron chi connectivity index (χ1n) is 7.15. The molecular formula is C16H19N5O. The minimum absolute atomic E-state index is 0.0868. The number of fused-ring (bicyclic) bond motifs is 1. The SMILES string of the molecule is Cc1cc(C(C)N)c2nc(-c3ccn(C)n3)n(C)c(=O)c2c1. The average molecular weight is 297 g/mol. The van der Waals surface area contributed by atoms with Crippen LogP contribution < -0.4 is 11.3 Å². The van der Waals surface area contributed by atoms with Gasteiger partial charge in [-0.25, -0.2) is 4.98 Å². The smallest absolute Gasteiger partial charge is 0.261 e. The molecule has 2 aromatic heterocycles. The number of rotatable bonds is 2. The number of benzene rings is 1. The summed E-state index contributed by atoms with van der Waals surface area (Å²) < 4.78 is 3.22. The first-order chi connectivity index (χ1) is 10.4. The first-order valence-corrected chi connectivity index (χ1v) is 7.15. The highest BCUT2D eigenvalue weighted by molar-refractivity contribution is 5.84. The van der Waals surface area contributed by atoms with Crippen molar-refractivity contribution < 1.29 is 0 Å². The van der Waals surface area contributed by atoms with E-state index in [1.54, 1.807) is 11.7 Å². The Hall–Kier alpha value is -2.47. The molecule has 2 heterocycles. The molecule has 1 unspecified atom stereocenters. The van der Waals surface area contributed by atoms with E-state index < -0.39 is 0 Å². The van der Waals surface area contributed by atoms with Crippen molar-refractivity contribution in [2.75, 3.05) is 0 Å². The van der Waals surface area contributed by atoms with Crippen LogP contribution in [0.4, 0.5) is 0 Å². The minimum atomic E-state index is -0.196. The molecule has 0 aliphatic heterocycles. The zero-order valence-corrected chi connectivity index (χ0v) is 13.2. The quantitative estimate of drug-likeness (QED) is 0.780. The van der Waals surface area contributed by atoms with Gasteiger partial charge in [0.15, 0.2) is 5.82 Å². The van der Waals surface area contributed by atoms with Crippen molar-refractivity contribution in [2.45, 2.75) is 19.9 Å². The summed E-state index contributed by atoms with van der Waals surface area (Å²) in [6.45, 7) is 3.85. The molecule has 2 N–H and O–H groups in total. The van der Waals surface area contributed by atoms with Crippen LogP contribution >= 0.6 is 0 Å². The molecule has 0 spiro atoms. The van der Waals surface area contributed by atoms with Gasteiger partial charge in [-0.2, -0.15) is 5.10 Å². The van der Waals surface area contributed by atoms with Gasteiger partial charge < -0.3 is 5.73 Å². The van der Waals surface area contributed by atoms with Gasteiger partial charge in [0.1, 0.15) is 5.69 Å². The van der Waals surface area contributed by atoms with Crippen LogP contribution in [0.15, 0.2) is 29.2 Å². The standard InChI is InChI=1S/C16H19N5O/c1-9-7-11(10(2)17)14-12(8-9)16(22)21(4)15(18-14)13-5-6-20(3)19-13/h5-8,10H,17H2,1-4H3. The molecule has 114 valence electrons. The molecule has 0 saturated heterocycles. The van der Waals surface area contributed by atoms with E-state index in [9.17, 15) is 4.79 Å². The largest absolute Gasteiger partial charge is 0.324 e. The number of aryl methyl sites for hydroxylation is 2. The third-order valence-corrected chi connectivity index (χ3v) is 3.79. The number of nitrogens with two attached hydrogens (primary N) is 1. The predicted molar refractivity (Wildman–Crippen MR) is 86.5 cm³/mol. The van der Waals surface area contributed by atoms with Gasteiger partial charge in [-0.3, -0.25) is 14.0 Å². The highest BCUT2D eigenvalue weighted by atomic mass is 16.1. The zero-order valence-electron chi connectivity index (χ0n) is 13.2. The van der Waals surface area contributed by atoms with Gasteiger partial charge in [0.05, 0.1) is 10.9 Å². The Kier molecular flexibility index (Phi) is 3.33. The van der Waals surface area contributed by atoms with Crippen molar-refractivity contribution in [3.8, 4) is 11.5 Å². The Labute approximate surface area is 128 Å². The molecule has 3 rings (SSSR count). The molecule has 0 aliphatic rings. The normalized spacial score (nSPS) is 12.8. The van der Waals surface area contributed by atoms with Crippen molar-refractivity contribution in [1.29, 1.82) is 0 Å². The lowest BCUT2D eigenvalue weighted by atomic mass is 10.0. The molecule has 0 fully saturated rings. The maximum Gasteiger partial charge on any atom is 0.261 e. The molecule has 0 bridgehead atoms. The molecule has 22 heavy (non-hydrogen) atoms. The van der Waals surface area contributed by atoms with E-state index in [1.165, 1.54) is 4.57 Å². The second-order valence-corrected chi connectivity index (χ2v) is 5.71.